The van der Waals surface area contributed by atoms with Gasteiger partial charge in [0.25, 0.3) is 5.91 Å². The van der Waals surface area contributed by atoms with Crippen LogP contribution in [0.4, 0.5) is 4.39 Å². The van der Waals surface area contributed by atoms with Gasteiger partial charge in [-0.15, -0.1) is 11.3 Å². The fraction of sp³-hybridized carbons (Fsp3) is 0.300. The van der Waals surface area contributed by atoms with Crippen LogP contribution < -0.4 is 4.90 Å². The molecule has 1 amide bonds. The second-order valence-electron chi connectivity index (χ2n) is 6.64. The van der Waals surface area contributed by atoms with Gasteiger partial charge in [-0.25, -0.2) is 9.37 Å². The van der Waals surface area contributed by atoms with Gasteiger partial charge >= 0.3 is 0 Å². The number of rotatable bonds is 6. The van der Waals surface area contributed by atoms with E-state index in [9.17, 15) is 9.18 Å². The van der Waals surface area contributed by atoms with E-state index in [0.29, 0.717) is 13.1 Å². The van der Waals surface area contributed by atoms with Crippen molar-refractivity contribution in [2.75, 3.05) is 20.6 Å². The summed E-state index contributed by atoms with van der Waals surface area (Å²) < 4.78 is 14.2. The van der Waals surface area contributed by atoms with E-state index < -0.39 is 0 Å². The fourth-order valence-corrected chi connectivity index (χ4v) is 3.88. The molecule has 0 bridgehead atoms. The molecule has 0 aliphatic heterocycles. The Bertz CT molecular complexity index is 860. The Morgan fingerprint density at radius 1 is 1.23 bits per heavy atom. The Hall–Kier alpha value is -2.31. The monoisotopic (exact) mass is 372 g/mol. The van der Waals surface area contributed by atoms with Crippen LogP contribution in [0.2, 0.25) is 0 Å². The van der Waals surface area contributed by atoms with Crippen LogP contribution in [0.1, 0.15) is 23.5 Å². The molecule has 6 heteroatoms. The highest BCUT2D eigenvalue weighted by Crippen LogP contribution is 2.24. The lowest BCUT2D eigenvalue weighted by Crippen LogP contribution is -3.10. The second-order valence-corrected chi connectivity index (χ2v) is 7.70. The molecule has 3 rings (SSSR count). The van der Waals surface area contributed by atoms with E-state index in [4.69, 9.17) is 4.98 Å². The van der Waals surface area contributed by atoms with Crippen molar-refractivity contribution in [1.29, 1.82) is 0 Å². The SMILES string of the molecule is C[C@@H](c1nc2ccccc2s1)[NH+](C)CC(=O)N(C)Cc1ccc(F)cc1. The first kappa shape index (κ1) is 18.5. The minimum absolute atomic E-state index is 0.0554. The predicted octanol–water partition coefficient (Wildman–Crippen LogP) is 2.67. The van der Waals surface area contributed by atoms with E-state index in [1.807, 2.05) is 25.2 Å². The van der Waals surface area contributed by atoms with E-state index >= 15 is 0 Å². The number of fused-ring (bicyclic) bond motifs is 1. The van der Waals surface area contributed by atoms with Crippen molar-refractivity contribution in [2.24, 2.45) is 0 Å². The molecule has 0 saturated heterocycles. The number of para-hydroxylation sites is 1. The van der Waals surface area contributed by atoms with Crippen LogP contribution in [-0.2, 0) is 11.3 Å². The zero-order valence-corrected chi connectivity index (χ0v) is 16.0. The number of amides is 1. The maximum absolute atomic E-state index is 13.0. The van der Waals surface area contributed by atoms with Crippen LogP contribution in [0.15, 0.2) is 48.5 Å². The summed E-state index contributed by atoms with van der Waals surface area (Å²) in [6.07, 6.45) is 0. The smallest absolute Gasteiger partial charge is 0.277 e. The van der Waals surface area contributed by atoms with Gasteiger partial charge < -0.3 is 9.80 Å². The number of halogens is 1. The highest BCUT2D eigenvalue weighted by molar-refractivity contribution is 7.18. The zero-order chi connectivity index (χ0) is 18.7. The minimum atomic E-state index is -0.267. The third-order valence-electron chi connectivity index (χ3n) is 4.61. The number of nitrogens with one attached hydrogen (secondary N) is 1. The molecule has 0 aliphatic carbocycles. The minimum Gasteiger partial charge on any atom is -0.337 e. The molecular formula is C20H23FN3OS+. The van der Waals surface area contributed by atoms with Crippen molar-refractivity contribution in [3.05, 3.63) is 64.9 Å². The number of carbonyl (C=O) groups is 1. The normalized spacial score (nSPS) is 13.5. The molecule has 1 unspecified atom stereocenters. The fourth-order valence-electron chi connectivity index (χ4n) is 2.76. The number of hydrogen-bond acceptors (Lipinski definition) is 3. The Labute approximate surface area is 156 Å². The van der Waals surface area contributed by atoms with Gasteiger partial charge in [-0.3, -0.25) is 4.79 Å². The summed E-state index contributed by atoms with van der Waals surface area (Å²) in [5.41, 5.74) is 1.92. The molecule has 1 aromatic heterocycles. The molecule has 2 aromatic carbocycles. The van der Waals surface area contributed by atoms with E-state index in [1.165, 1.54) is 16.8 Å². The molecule has 26 heavy (non-hydrogen) atoms. The van der Waals surface area contributed by atoms with Crippen LogP contribution >= 0.6 is 11.3 Å². The number of benzene rings is 2. The topological polar surface area (TPSA) is 37.6 Å². The maximum atomic E-state index is 13.0. The molecule has 4 nitrogen and oxygen atoms in total. The van der Waals surface area contributed by atoms with Crippen LogP contribution in [-0.4, -0.2) is 36.4 Å². The van der Waals surface area contributed by atoms with Gasteiger partial charge in [0, 0.05) is 13.6 Å². The van der Waals surface area contributed by atoms with Gasteiger partial charge in [0.05, 0.1) is 17.3 Å². The Morgan fingerprint density at radius 3 is 2.62 bits per heavy atom. The van der Waals surface area contributed by atoms with Crippen molar-refractivity contribution >= 4 is 27.5 Å². The highest BCUT2D eigenvalue weighted by atomic mass is 32.1. The standard InChI is InChI=1S/C20H22FN3OS/c1-14(20-22-17-6-4-5-7-18(17)26-20)23(2)13-19(25)24(3)12-15-8-10-16(21)11-9-15/h4-11,14H,12-13H2,1-3H3/p+1/t14-/m0/s1. The quantitative estimate of drug-likeness (QED) is 0.722. The van der Waals surface area contributed by atoms with Gasteiger partial charge in [0.15, 0.2) is 11.6 Å². The second kappa shape index (κ2) is 7.93. The van der Waals surface area contributed by atoms with E-state index in [1.54, 1.807) is 35.4 Å². The molecule has 1 N–H and O–H groups in total. The number of nitrogens with zero attached hydrogens (tertiary/aromatic N) is 2. The van der Waals surface area contributed by atoms with Crippen molar-refractivity contribution in [3.63, 3.8) is 0 Å². The number of hydrogen-bond donors (Lipinski definition) is 1. The largest absolute Gasteiger partial charge is 0.337 e. The lowest BCUT2D eigenvalue weighted by molar-refractivity contribution is -0.902. The zero-order valence-electron chi connectivity index (χ0n) is 15.2. The molecule has 0 saturated carbocycles. The number of carbonyl (C=O) groups excluding carboxylic acids is 1. The molecule has 136 valence electrons. The van der Waals surface area contributed by atoms with Gasteiger partial charge in [-0.1, -0.05) is 24.3 Å². The van der Waals surface area contributed by atoms with Crippen LogP contribution in [0.5, 0.6) is 0 Å². The van der Waals surface area contributed by atoms with Gasteiger partial charge in [0.1, 0.15) is 11.9 Å². The molecule has 0 fully saturated rings. The third kappa shape index (κ3) is 4.26. The number of quaternary nitrogens is 1. The van der Waals surface area contributed by atoms with Gasteiger partial charge in [0.2, 0.25) is 0 Å². The van der Waals surface area contributed by atoms with Crippen LogP contribution in [0.3, 0.4) is 0 Å². The summed E-state index contributed by atoms with van der Waals surface area (Å²) in [5.74, 6) is -0.212. The lowest BCUT2D eigenvalue weighted by Gasteiger charge is -2.23. The maximum Gasteiger partial charge on any atom is 0.277 e. The predicted molar refractivity (Wildman–Crippen MR) is 103 cm³/mol. The van der Waals surface area contributed by atoms with E-state index in [2.05, 4.69) is 13.0 Å². The molecule has 0 spiro atoms. The third-order valence-corrected chi connectivity index (χ3v) is 5.83. The Balaban J connectivity index is 1.61. The Kier molecular flexibility index (Phi) is 5.64. The summed E-state index contributed by atoms with van der Waals surface area (Å²) in [4.78, 5) is 20.0. The first-order valence-corrected chi connectivity index (χ1v) is 9.42. The first-order valence-electron chi connectivity index (χ1n) is 8.60. The van der Waals surface area contributed by atoms with Crippen molar-refractivity contribution in [1.82, 2.24) is 9.88 Å². The number of aromatic nitrogens is 1. The van der Waals surface area contributed by atoms with Gasteiger partial charge in [-0.05, 0) is 36.8 Å². The summed E-state index contributed by atoms with van der Waals surface area (Å²) in [7, 11) is 3.79. The van der Waals surface area contributed by atoms with Crippen molar-refractivity contribution < 1.29 is 14.1 Å². The van der Waals surface area contributed by atoms with Crippen LogP contribution in [0, 0.1) is 5.82 Å². The first-order chi connectivity index (χ1) is 12.4. The molecular weight excluding hydrogens is 349 g/mol. The summed E-state index contributed by atoms with van der Waals surface area (Å²) in [6, 6.07) is 14.5. The van der Waals surface area contributed by atoms with Crippen molar-refractivity contribution in [3.8, 4) is 0 Å². The van der Waals surface area contributed by atoms with E-state index in [0.717, 1.165) is 21.0 Å². The molecule has 3 aromatic rings. The molecule has 1 heterocycles. The summed E-state index contributed by atoms with van der Waals surface area (Å²) >= 11 is 1.68. The Morgan fingerprint density at radius 2 is 1.92 bits per heavy atom. The van der Waals surface area contributed by atoms with Crippen LogP contribution in [0.25, 0.3) is 10.2 Å². The van der Waals surface area contributed by atoms with Gasteiger partial charge in [-0.2, -0.15) is 0 Å². The number of thiazole rings is 1. The average Bonchev–Trinajstić information content (AvgIpc) is 3.06. The molecule has 0 aliphatic rings. The van der Waals surface area contributed by atoms with E-state index in [-0.39, 0.29) is 17.8 Å². The van der Waals surface area contributed by atoms with Crippen molar-refractivity contribution in [2.45, 2.75) is 19.5 Å². The number of likely N-dealkylation sites (N-methyl/N-ethyl adjacent to an activating group) is 2. The lowest BCUT2D eigenvalue weighted by atomic mass is 10.2. The summed E-state index contributed by atoms with van der Waals surface area (Å²) in [6.45, 7) is 2.96. The average molecular weight is 372 g/mol. The molecule has 2 atom stereocenters. The highest BCUT2D eigenvalue weighted by Gasteiger charge is 2.23. The molecule has 0 radical (unpaired) electrons. The summed E-state index contributed by atoms with van der Waals surface area (Å²) in [5, 5.41) is 1.04.